The fourth-order valence-electron chi connectivity index (χ4n) is 2.69. The van der Waals surface area contributed by atoms with E-state index in [1.807, 2.05) is 0 Å². The van der Waals surface area contributed by atoms with Crippen LogP contribution in [0.3, 0.4) is 0 Å². The third-order valence-corrected chi connectivity index (χ3v) is 3.79. The van der Waals surface area contributed by atoms with E-state index < -0.39 is 12.1 Å². The summed E-state index contributed by atoms with van der Waals surface area (Å²) in [5, 5.41) is 1.10. The number of esters is 1. The molecule has 0 aliphatic heterocycles. The first kappa shape index (κ1) is 18.2. The second kappa shape index (κ2) is 7.77. The molecule has 0 atom stereocenters. The Labute approximate surface area is 153 Å². The van der Waals surface area contributed by atoms with E-state index in [1.54, 1.807) is 38.1 Å². The van der Waals surface area contributed by atoms with Gasteiger partial charge in [0.2, 0.25) is 0 Å². The summed E-state index contributed by atoms with van der Waals surface area (Å²) >= 11 is 0. The SMILES string of the molecule is CCOC(=O)C=Cc1ccc2[nH]c(=O)c3[nH]cc(OC(=O)OCC)c3c2c1. The average molecular weight is 370 g/mol. The van der Waals surface area contributed by atoms with E-state index in [1.165, 1.54) is 12.3 Å². The highest BCUT2D eigenvalue weighted by Crippen LogP contribution is 2.31. The quantitative estimate of drug-likeness (QED) is 0.527. The molecule has 3 rings (SSSR count). The van der Waals surface area contributed by atoms with Crippen molar-refractivity contribution in [3.63, 3.8) is 0 Å². The van der Waals surface area contributed by atoms with Gasteiger partial charge in [-0.15, -0.1) is 0 Å². The van der Waals surface area contributed by atoms with Crippen molar-refractivity contribution in [2.45, 2.75) is 13.8 Å². The van der Waals surface area contributed by atoms with Gasteiger partial charge in [0.15, 0.2) is 5.75 Å². The molecule has 1 aromatic carbocycles. The molecule has 0 spiro atoms. The maximum Gasteiger partial charge on any atom is 0.513 e. The number of aromatic amines is 2. The van der Waals surface area contributed by atoms with E-state index in [0.717, 1.165) is 0 Å². The summed E-state index contributed by atoms with van der Waals surface area (Å²) in [6.45, 7) is 3.86. The number of nitrogens with one attached hydrogen (secondary N) is 2. The molecule has 0 unspecified atom stereocenters. The van der Waals surface area contributed by atoms with Gasteiger partial charge < -0.3 is 24.2 Å². The zero-order chi connectivity index (χ0) is 19.4. The Balaban J connectivity index is 2.10. The minimum atomic E-state index is -0.856. The van der Waals surface area contributed by atoms with Gasteiger partial charge in [0.05, 0.1) is 18.6 Å². The number of pyridine rings is 1. The van der Waals surface area contributed by atoms with Crippen LogP contribution in [0.15, 0.2) is 35.3 Å². The lowest BCUT2D eigenvalue weighted by atomic mass is 10.1. The predicted octanol–water partition coefficient (Wildman–Crippen LogP) is 3.12. The molecule has 2 heterocycles. The first-order valence-electron chi connectivity index (χ1n) is 8.40. The summed E-state index contributed by atoms with van der Waals surface area (Å²) in [5.74, 6) is -0.261. The number of hydrogen-bond acceptors (Lipinski definition) is 6. The molecular formula is C19H18N2O6. The van der Waals surface area contributed by atoms with Gasteiger partial charge in [0, 0.05) is 23.2 Å². The molecule has 0 saturated carbocycles. The summed E-state index contributed by atoms with van der Waals surface area (Å²) in [4.78, 5) is 41.0. The van der Waals surface area contributed by atoms with Crippen LogP contribution in [0.2, 0.25) is 0 Å². The second-order valence-corrected chi connectivity index (χ2v) is 5.53. The Morgan fingerprint density at radius 1 is 1.15 bits per heavy atom. The zero-order valence-electron chi connectivity index (χ0n) is 14.8. The van der Waals surface area contributed by atoms with Crippen LogP contribution in [0.5, 0.6) is 5.75 Å². The van der Waals surface area contributed by atoms with Crippen LogP contribution < -0.4 is 10.3 Å². The molecule has 0 bridgehead atoms. The van der Waals surface area contributed by atoms with E-state index >= 15 is 0 Å². The third-order valence-electron chi connectivity index (χ3n) is 3.79. The van der Waals surface area contributed by atoms with Crippen molar-refractivity contribution in [1.82, 2.24) is 9.97 Å². The topological polar surface area (TPSA) is 110 Å². The van der Waals surface area contributed by atoms with Crippen LogP contribution in [-0.4, -0.2) is 35.3 Å². The van der Waals surface area contributed by atoms with Crippen LogP contribution in [0.1, 0.15) is 19.4 Å². The van der Waals surface area contributed by atoms with Crippen LogP contribution in [0.4, 0.5) is 4.79 Å². The standard InChI is InChI=1S/C19H18N2O6/c1-3-25-15(22)8-6-11-5-7-13-12(9-11)16-14(27-19(24)26-4-2)10-20-17(16)18(23)21-13/h5-10,20H,3-4H2,1-2H3,(H,21,23). The molecular weight excluding hydrogens is 352 g/mol. The first-order valence-corrected chi connectivity index (χ1v) is 8.40. The van der Waals surface area contributed by atoms with Gasteiger partial charge >= 0.3 is 12.1 Å². The molecule has 27 heavy (non-hydrogen) atoms. The van der Waals surface area contributed by atoms with Crippen molar-refractivity contribution in [2.24, 2.45) is 0 Å². The summed E-state index contributed by atoms with van der Waals surface area (Å²) in [6, 6.07) is 5.23. The molecule has 0 aliphatic carbocycles. The van der Waals surface area contributed by atoms with Crippen LogP contribution in [0, 0.1) is 0 Å². The number of fused-ring (bicyclic) bond motifs is 3. The number of H-pyrrole nitrogens is 2. The van der Waals surface area contributed by atoms with Gasteiger partial charge in [-0.1, -0.05) is 6.07 Å². The number of aromatic nitrogens is 2. The van der Waals surface area contributed by atoms with Crippen molar-refractivity contribution < 1.29 is 23.8 Å². The number of hydrogen-bond donors (Lipinski definition) is 2. The maximum atomic E-state index is 12.3. The number of carbonyl (C=O) groups excluding carboxylic acids is 2. The van der Waals surface area contributed by atoms with E-state index in [0.29, 0.717) is 28.5 Å². The first-order chi connectivity index (χ1) is 13.0. The third kappa shape index (κ3) is 3.84. The highest BCUT2D eigenvalue weighted by molar-refractivity contribution is 6.09. The van der Waals surface area contributed by atoms with Gasteiger partial charge in [-0.3, -0.25) is 4.79 Å². The minimum Gasteiger partial charge on any atom is -0.463 e. The molecule has 0 amide bonds. The average Bonchev–Trinajstić information content (AvgIpc) is 3.05. The van der Waals surface area contributed by atoms with Crippen LogP contribution in [0.25, 0.3) is 27.9 Å². The molecule has 0 saturated heterocycles. The predicted molar refractivity (Wildman–Crippen MR) is 99.7 cm³/mol. The lowest BCUT2D eigenvalue weighted by Crippen LogP contribution is -2.10. The normalized spacial score (nSPS) is 11.2. The number of ether oxygens (including phenoxy) is 3. The number of rotatable bonds is 5. The van der Waals surface area contributed by atoms with E-state index in [4.69, 9.17) is 14.2 Å². The molecule has 140 valence electrons. The molecule has 3 aromatic rings. The highest BCUT2D eigenvalue weighted by Gasteiger charge is 2.16. The lowest BCUT2D eigenvalue weighted by molar-refractivity contribution is -0.137. The summed E-state index contributed by atoms with van der Waals surface area (Å²) in [6.07, 6.45) is 3.50. The van der Waals surface area contributed by atoms with E-state index in [9.17, 15) is 14.4 Å². The molecule has 2 aromatic heterocycles. The summed E-state index contributed by atoms with van der Waals surface area (Å²) < 4.78 is 14.9. The van der Waals surface area contributed by atoms with Gasteiger partial charge in [0.1, 0.15) is 5.52 Å². The molecule has 0 radical (unpaired) electrons. The van der Waals surface area contributed by atoms with Gasteiger partial charge in [-0.25, -0.2) is 9.59 Å². The summed E-state index contributed by atoms with van der Waals surface area (Å²) in [7, 11) is 0. The largest absolute Gasteiger partial charge is 0.513 e. The fraction of sp³-hybridized carbons (Fsp3) is 0.211. The zero-order valence-corrected chi connectivity index (χ0v) is 14.8. The Bertz CT molecular complexity index is 1090. The number of benzene rings is 1. The van der Waals surface area contributed by atoms with Crippen molar-refractivity contribution >= 4 is 40.0 Å². The maximum absolute atomic E-state index is 12.3. The molecule has 0 fully saturated rings. The Hall–Kier alpha value is -3.55. The van der Waals surface area contributed by atoms with Gasteiger partial charge in [0.25, 0.3) is 5.56 Å². The smallest absolute Gasteiger partial charge is 0.463 e. The fourth-order valence-corrected chi connectivity index (χ4v) is 2.69. The molecule has 2 N–H and O–H groups in total. The monoisotopic (exact) mass is 370 g/mol. The Morgan fingerprint density at radius 2 is 1.93 bits per heavy atom. The molecule has 0 aliphatic rings. The Morgan fingerprint density at radius 3 is 2.67 bits per heavy atom. The Kier molecular flexibility index (Phi) is 5.25. The molecule has 8 nitrogen and oxygen atoms in total. The minimum absolute atomic E-state index is 0.172. The van der Waals surface area contributed by atoms with Crippen molar-refractivity contribution in [3.8, 4) is 5.75 Å². The van der Waals surface area contributed by atoms with Gasteiger partial charge in [-0.2, -0.15) is 0 Å². The van der Waals surface area contributed by atoms with E-state index in [2.05, 4.69) is 9.97 Å². The lowest BCUT2D eigenvalue weighted by Gasteiger charge is -2.05. The summed E-state index contributed by atoms with van der Waals surface area (Å²) in [5.41, 5.74) is 1.21. The molecule has 8 heteroatoms. The van der Waals surface area contributed by atoms with Crippen LogP contribution >= 0.6 is 0 Å². The van der Waals surface area contributed by atoms with Gasteiger partial charge in [-0.05, 0) is 37.6 Å². The highest BCUT2D eigenvalue weighted by atomic mass is 16.7. The van der Waals surface area contributed by atoms with Crippen molar-refractivity contribution in [1.29, 1.82) is 0 Å². The van der Waals surface area contributed by atoms with E-state index in [-0.39, 0.29) is 23.4 Å². The van der Waals surface area contributed by atoms with Crippen molar-refractivity contribution in [3.05, 3.63) is 46.4 Å². The second-order valence-electron chi connectivity index (χ2n) is 5.53. The van der Waals surface area contributed by atoms with Crippen molar-refractivity contribution in [2.75, 3.05) is 13.2 Å². The van der Waals surface area contributed by atoms with Crippen LogP contribution in [-0.2, 0) is 14.3 Å². The number of carbonyl (C=O) groups is 2.